The third-order valence-electron chi connectivity index (χ3n) is 5.42. The second kappa shape index (κ2) is 9.89. The van der Waals surface area contributed by atoms with Crippen LogP contribution in [0.1, 0.15) is 27.1 Å². The zero-order valence-electron chi connectivity index (χ0n) is 18.2. The summed E-state index contributed by atoms with van der Waals surface area (Å²) in [7, 11) is 0. The monoisotopic (exact) mass is 470 g/mol. The molecule has 6 nitrogen and oxygen atoms in total. The van der Waals surface area contributed by atoms with Gasteiger partial charge in [0.1, 0.15) is 22.6 Å². The lowest BCUT2D eigenvalue weighted by Crippen LogP contribution is -2.27. The molecule has 0 spiro atoms. The number of para-hydroxylation sites is 1. The summed E-state index contributed by atoms with van der Waals surface area (Å²) in [6.45, 7) is 0.426. The van der Waals surface area contributed by atoms with Gasteiger partial charge in [0, 0.05) is 11.3 Å². The van der Waals surface area contributed by atoms with Crippen molar-refractivity contribution in [3.05, 3.63) is 114 Å². The molecule has 1 unspecified atom stereocenters. The summed E-state index contributed by atoms with van der Waals surface area (Å²) in [5.41, 5.74) is 2.19. The Labute approximate surface area is 201 Å². The number of benzene rings is 3. The second-order valence-electron chi connectivity index (χ2n) is 7.78. The predicted octanol–water partition coefficient (Wildman–Crippen LogP) is 6.10. The SMILES string of the molecule is O=C(Nc1ccc(Oc2ccccc2)cc1)c1ccc(C2SCC(=O)N2Cc2ccco2)cc1. The van der Waals surface area contributed by atoms with Crippen molar-refractivity contribution in [3.8, 4) is 11.5 Å². The fraction of sp³-hybridized carbons (Fsp3) is 0.111. The topological polar surface area (TPSA) is 71.8 Å². The van der Waals surface area contributed by atoms with E-state index >= 15 is 0 Å². The molecule has 0 saturated carbocycles. The van der Waals surface area contributed by atoms with Crippen LogP contribution in [0.4, 0.5) is 5.69 Å². The Morgan fingerprint density at radius 2 is 1.68 bits per heavy atom. The lowest BCUT2D eigenvalue weighted by atomic mass is 10.1. The lowest BCUT2D eigenvalue weighted by molar-refractivity contribution is -0.128. The molecule has 0 bridgehead atoms. The van der Waals surface area contributed by atoms with Crippen molar-refractivity contribution in [3.63, 3.8) is 0 Å². The molecule has 0 aliphatic carbocycles. The van der Waals surface area contributed by atoms with Crippen molar-refractivity contribution in [1.82, 2.24) is 4.90 Å². The number of thioether (sulfide) groups is 1. The maximum atomic E-state index is 12.7. The minimum absolute atomic E-state index is 0.0768. The van der Waals surface area contributed by atoms with Gasteiger partial charge in [-0.25, -0.2) is 0 Å². The normalized spacial score (nSPS) is 15.4. The molecule has 1 saturated heterocycles. The zero-order valence-corrected chi connectivity index (χ0v) is 19.0. The molecule has 1 N–H and O–H groups in total. The molecule has 1 atom stereocenters. The molecule has 170 valence electrons. The fourth-order valence-electron chi connectivity index (χ4n) is 3.70. The van der Waals surface area contributed by atoms with E-state index < -0.39 is 0 Å². The van der Waals surface area contributed by atoms with Crippen molar-refractivity contribution >= 4 is 29.3 Å². The predicted molar refractivity (Wildman–Crippen MR) is 132 cm³/mol. The summed E-state index contributed by atoms with van der Waals surface area (Å²) in [6, 6.07) is 27.8. The maximum Gasteiger partial charge on any atom is 0.255 e. The van der Waals surface area contributed by atoms with Gasteiger partial charge in [0.05, 0.1) is 18.6 Å². The second-order valence-corrected chi connectivity index (χ2v) is 8.85. The highest BCUT2D eigenvalue weighted by atomic mass is 32.2. The summed E-state index contributed by atoms with van der Waals surface area (Å²) in [6.07, 6.45) is 1.61. The molecule has 4 aromatic rings. The maximum absolute atomic E-state index is 12.7. The van der Waals surface area contributed by atoms with Crippen LogP contribution in [-0.4, -0.2) is 22.5 Å². The molecule has 1 aromatic heterocycles. The summed E-state index contributed by atoms with van der Waals surface area (Å²) >= 11 is 1.57. The molecule has 2 heterocycles. The summed E-state index contributed by atoms with van der Waals surface area (Å²) in [5.74, 6) is 2.49. The van der Waals surface area contributed by atoms with Crippen molar-refractivity contribution < 1.29 is 18.7 Å². The van der Waals surface area contributed by atoms with Crippen LogP contribution in [0.25, 0.3) is 0 Å². The summed E-state index contributed by atoms with van der Waals surface area (Å²) in [4.78, 5) is 26.9. The number of nitrogens with zero attached hydrogens (tertiary/aromatic N) is 1. The minimum atomic E-state index is -0.203. The van der Waals surface area contributed by atoms with E-state index in [1.807, 2.05) is 66.7 Å². The third kappa shape index (κ3) is 5.00. The molecule has 3 aromatic carbocycles. The Balaban J connectivity index is 1.22. The molecule has 2 amide bonds. The van der Waals surface area contributed by atoms with E-state index in [0.717, 1.165) is 17.1 Å². The van der Waals surface area contributed by atoms with Crippen molar-refractivity contribution in [1.29, 1.82) is 0 Å². The van der Waals surface area contributed by atoms with Crippen LogP contribution >= 0.6 is 11.8 Å². The molecule has 34 heavy (non-hydrogen) atoms. The van der Waals surface area contributed by atoms with Crippen LogP contribution in [-0.2, 0) is 11.3 Å². The van der Waals surface area contributed by atoms with Gasteiger partial charge in [-0.2, -0.15) is 0 Å². The van der Waals surface area contributed by atoms with Crippen LogP contribution in [0.5, 0.6) is 11.5 Å². The molecule has 1 aliphatic rings. The van der Waals surface area contributed by atoms with E-state index in [1.54, 1.807) is 47.2 Å². The average molecular weight is 471 g/mol. The largest absolute Gasteiger partial charge is 0.467 e. The Morgan fingerprint density at radius 3 is 2.38 bits per heavy atom. The average Bonchev–Trinajstić information content (AvgIpc) is 3.51. The Morgan fingerprint density at radius 1 is 0.941 bits per heavy atom. The first-order valence-electron chi connectivity index (χ1n) is 10.8. The highest BCUT2D eigenvalue weighted by molar-refractivity contribution is 8.00. The van der Waals surface area contributed by atoms with E-state index in [-0.39, 0.29) is 17.2 Å². The van der Waals surface area contributed by atoms with Gasteiger partial charge < -0.3 is 19.4 Å². The molecule has 7 heteroatoms. The molecule has 0 radical (unpaired) electrons. The number of hydrogen-bond donors (Lipinski definition) is 1. The van der Waals surface area contributed by atoms with Gasteiger partial charge in [0.2, 0.25) is 5.91 Å². The molecular weight excluding hydrogens is 448 g/mol. The first-order valence-corrected chi connectivity index (χ1v) is 11.9. The van der Waals surface area contributed by atoms with Crippen molar-refractivity contribution in [2.24, 2.45) is 0 Å². The van der Waals surface area contributed by atoms with Crippen molar-refractivity contribution in [2.75, 3.05) is 11.1 Å². The highest BCUT2D eigenvalue weighted by Crippen LogP contribution is 2.39. The van der Waals surface area contributed by atoms with Gasteiger partial charge in [0.15, 0.2) is 0 Å². The number of carbonyl (C=O) groups excluding carboxylic acids is 2. The number of hydrogen-bond acceptors (Lipinski definition) is 5. The third-order valence-corrected chi connectivity index (χ3v) is 6.68. The first kappa shape index (κ1) is 21.9. The zero-order chi connectivity index (χ0) is 23.3. The smallest absolute Gasteiger partial charge is 0.255 e. The number of furan rings is 1. The van der Waals surface area contributed by atoms with Crippen LogP contribution in [0.2, 0.25) is 0 Å². The molecule has 5 rings (SSSR count). The Bertz CT molecular complexity index is 1260. The molecular formula is C27H22N2O4S. The number of nitrogens with one attached hydrogen (secondary N) is 1. The number of carbonyl (C=O) groups is 2. The standard InChI is InChI=1S/C27H22N2O4S/c30-25-18-34-27(29(25)17-24-7-4-16-32-24)20-10-8-19(9-11-20)26(31)28-21-12-14-23(15-13-21)33-22-5-2-1-3-6-22/h1-16,27H,17-18H2,(H,28,31). The van der Waals surface area contributed by atoms with E-state index in [0.29, 0.717) is 29.3 Å². The van der Waals surface area contributed by atoms with Gasteiger partial charge in [-0.3, -0.25) is 9.59 Å². The van der Waals surface area contributed by atoms with E-state index in [9.17, 15) is 9.59 Å². The van der Waals surface area contributed by atoms with E-state index in [1.165, 1.54) is 0 Å². The number of rotatable bonds is 7. The van der Waals surface area contributed by atoms with Gasteiger partial charge in [-0.05, 0) is 66.2 Å². The number of anilines is 1. The van der Waals surface area contributed by atoms with Crippen LogP contribution in [0.15, 0.2) is 102 Å². The van der Waals surface area contributed by atoms with Gasteiger partial charge in [0.25, 0.3) is 5.91 Å². The van der Waals surface area contributed by atoms with Gasteiger partial charge in [-0.1, -0.05) is 30.3 Å². The highest BCUT2D eigenvalue weighted by Gasteiger charge is 2.33. The van der Waals surface area contributed by atoms with E-state index in [4.69, 9.17) is 9.15 Å². The van der Waals surface area contributed by atoms with Gasteiger partial charge in [-0.15, -0.1) is 11.8 Å². The van der Waals surface area contributed by atoms with Crippen LogP contribution in [0, 0.1) is 0 Å². The number of ether oxygens (including phenoxy) is 1. The molecule has 1 aliphatic heterocycles. The summed E-state index contributed by atoms with van der Waals surface area (Å²) in [5, 5.41) is 2.80. The lowest BCUT2D eigenvalue weighted by Gasteiger charge is -2.23. The van der Waals surface area contributed by atoms with E-state index in [2.05, 4.69) is 5.32 Å². The Hall–Kier alpha value is -3.97. The fourth-order valence-corrected chi connectivity index (χ4v) is 4.89. The minimum Gasteiger partial charge on any atom is -0.467 e. The quantitative estimate of drug-likeness (QED) is 0.353. The van der Waals surface area contributed by atoms with Crippen molar-refractivity contribution in [2.45, 2.75) is 11.9 Å². The van der Waals surface area contributed by atoms with Crippen LogP contribution in [0.3, 0.4) is 0 Å². The molecule has 1 fully saturated rings. The van der Waals surface area contributed by atoms with Gasteiger partial charge >= 0.3 is 0 Å². The Kier molecular flexibility index (Phi) is 6.35. The summed E-state index contributed by atoms with van der Waals surface area (Å²) < 4.78 is 11.2. The number of amides is 2. The van der Waals surface area contributed by atoms with Crippen LogP contribution < -0.4 is 10.1 Å². The first-order chi connectivity index (χ1) is 16.7.